The molecule has 0 aromatic carbocycles. The van der Waals surface area contributed by atoms with Crippen LogP contribution in [0, 0.1) is 11.8 Å². The second-order valence-electron chi connectivity index (χ2n) is 9.15. The SMILES string of the molecule is CC(C)[C@@H](CNC(=O)OC(C)(C)C)C(=O)N1CCN([C@H]2CCS(=O)(=O)C2)CC1. The first-order chi connectivity index (χ1) is 12.9. The summed E-state index contributed by atoms with van der Waals surface area (Å²) in [6.45, 7) is 12.1. The summed E-state index contributed by atoms with van der Waals surface area (Å²) in [6, 6.07) is 0.0805. The van der Waals surface area contributed by atoms with Gasteiger partial charge in [0.05, 0.1) is 17.4 Å². The van der Waals surface area contributed by atoms with Gasteiger partial charge in [-0.15, -0.1) is 0 Å². The number of alkyl carbamates (subject to hydrolysis) is 1. The monoisotopic (exact) mass is 417 g/mol. The third kappa shape index (κ3) is 6.62. The van der Waals surface area contributed by atoms with E-state index in [-0.39, 0.29) is 41.8 Å². The molecule has 0 aromatic heterocycles. The van der Waals surface area contributed by atoms with Crippen LogP contribution in [-0.4, -0.2) is 86.1 Å². The minimum atomic E-state index is -2.90. The minimum absolute atomic E-state index is 0.0322. The normalized spacial score (nSPS) is 24.2. The highest BCUT2D eigenvalue weighted by molar-refractivity contribution is 7.91. The van der Waals surface area contributed by atoms with Gasteiger partial charge in [0, 0.05) is 38.8 Å². The lowest BCUT2D eigenvalue weighted by atomic mass is 9.94. The van der Waals surface area contributed by atoms with E-state index in [2.05, 4.69) is 10.2 Å². The van der Waals surface area contributed by atoms with Gasteiger partial charge in [-0.3, -0.25) is 9.69 Å². The molecule has 0 unspecified atom stereocenters. The van der Waals surface area contributed by atoms with E-state index >= 15 is 0 Å². The van der Waals surface area contributed by atoms with Gasteiger partial charge in [-0.1, -0.05) is 13.8 Å². The molecule has 2 atom stereocenters. The number of carbonyl (C=O) groups is 2. The van der Waals surface area contributed by atoms with Crippen LogP contribution in [0.4, 0.5) is 4.79 Å². The molecule has 0 radical (unpaired) electrons. The molecular weight excluding hydrogens is 382 g/mol. The number of amides is 2. The van der Waals surface area contributed by atoms with Crippen LogP contribution in [0.3, 0.4) is 0 Å². The lowest BCUT2D eigenvalue weighted by molar-refractivity contribution is -0.138. The number of piperazine rings is 1. The molecule has 0 bridgehead atoms. The van der Waals surface area contributed by atoms with Crippen molar-refractivity contribution in [1.29, 1.82) is 0 Å². The summed E-state index contributed by atoms with van der Waals surface area (Å²) in [6.07, 6.45) is 0.170. The Morgan fingerprint density at radius 3 is 2.21 bits per heavy atom. The molecule has 2 saturated heterocycles. The molecule has 0 saturated carbocycles. The van der Waals surface area contributed by atoms with E-state index in [1.165, 1.54) is 0 Å². The van der Waals surface area contributed by atoms with Gasteiger partial charge in [0.2, 0.25) is 5.91 Å². The molecule has 0 spiro atoms. The van der Waals surface area contributed by atoms with Crippen LogP contribution in [-0.2, 0) is 19.4 Å². The van der Waals surface area contributed by atoms with E-state index in [0.717, 1.165) is 0 Å². The van der Waals surface area contributed by atoms with E-state index in [1.807, 2.05) is 18.7 Å². The van der Waals surface area contributed by atoms with Gasteiger partial charge in [-0.2, -0.15) is 0 Å². The number of sulfone groups is 1. The molecule has 1 N–H and O–H groups in total. The Balaban J connectivity index is 1.86. The third-order valence-corrected chi connectivity index (χ3v) is 7.09. The summed E-state index contributed by atoms with van der Waals surface area (Å²) in [5.41, 5.74) is -0.578. The highest BCUT2D eigenvalue weighted by Gasteiger charge is 2.36. The molecule has 2 rings (SSSR count). The highest BCUT2D eigenvalue weighted by atomic mass is 32.2. The van der Waals surface area contributed by atoms with Gasteiger partial charge < -0.3 is 15.0 Å². The van der Waals surface area contributed by atoms with Crippen molar-refractivity contribution in [1.82, 2.24) is 15.1 Å². The Bertz CT molecular complexity index is 664. The molecule has 2 amide bonds. The van der Waals surface area contributed by atoms with Crippen LogP contribution in [0.25, 0.3) is 0 Å². The van der Waals surface area contributed by atoms with Gasteiger partial charge in [0.1, 0.15) is 5.60 Å². The summed E-state index contributed by atoms with van der Waals surface area (Å²) in [5, 5.41) is 2.72. The summed E-state index contributed by atoms with van der Waals surface area (Å²) >= 11 is 0. The standard InChI is InChI=1S/C19H35N3O5S/c1-14(2)16(12-20-18(24)27-19(3,4)5)17(23)22-9-7-21(8-10-22)15-6-11-28(25,26)13-15/h14-16H,6-13H2,1-5H3,(H,20,24)/t15-,16+/m0/s1. The maximum atomic E-state index is 13.0. The van der Waals surface area contributed by atoms with Gasteiger partial charge >= 0.3 is 6.09 Å². The number of nitrogens with one attached hydrogen (secondary N) is 1. The van der Waals surface area contributed by atoms with Gasteiger partial charge in [-0.25, -0.2) is 13.2 Å². The van der Waals surface area contributed by atoms with Crippen molar-refractivity contribution in [3.8, 4) is 0 Å². The number of hydrogen-bond acceptors (Lipinski definition) is 6. The summed E-state index contributed by atoms with van der Waals surface area (Å²) < 4.78 is 28.6. The summed E-state index contributed by atoms with van der Waals surface area (Å²) in [5.74, 6) is 0.300. The van der Waals surface area contributed by atoms with Crippen molar-refractivity contribution >= 4 is 21.8 Å². The van der Waals surface area contributed by atoms with E-state index in [9.17, 15) is 18.0 Å². The fourth-order valence-corrected chi connectivity index (χ4v) is 5.48. The summed E-state index contributed by atoms with van der Waals surface area (Å²) in [7, 11) is -2.90. The zero-order valence-corrected chi connectivity index (χ0v) is 18.5. The first-order valence-electron chi connectivity index (χ1n) is 10.1. The molecule has 28 heavy (non-hydrogen) atoms. The Morgan fingerprint density at radius 2 is 1.75 bits per heavy atom. The van der Waals surface area contributed by atoms with Crippen molar-refractivity contribution in [2.75, 3.05) is 44.2 Å². The first kappa shape index (κ1) is 22.9. The van der Waals surface area contributed by atoms with Crippen molar-refractivity contribution in [3.05, 3.63) is 0 Å². The number of hydrogen-bond donors (Lipinski definition) is 1. The third-order valence-electron chi connectivity index (χ3n) is 5.34. The minimum Gasteiger partial charge on any atom is -0.444 e. The van der Waals surface area contributed by atoms with E-state index in [4.69, 9.17) is 4.74 Å². The highest BCUT2D eigenvalue weighted by Crippen LogP contribution is 2.21. The zero-order valence-electron chi connectivity index (χ0n) is 17.7. The predicted molar refractivity (Wildman–Crippen MR) is 108 cm³/mol. The topological polar surface area (TPSA) is 96.0 Å². The number of ether oxygens (including phenoxy) is 1. The maximum absolute atomic E-state index is 13.0. The Kier molecular flexibility index (Phi) is 7.36. The smallest absolute Gasteiger partial charge is 0.407 e. The molecule has 162 valence electrons. The molecule has 2 aliphatic rings. The lowest BCUT2D eigenvalue weighted by Gasteiger charge is -2.39. The number of rotatable bonds is 5. The average Bonchev–Trinajstić information content (AvgIpc) is 2.93. The van der Waals surface area contributed by atoms with Gasteiger partial charge in [-0.05, 0) is 33.1 Å². The van der Waals surface area contributed by atoms with Gasteiger partial charge in [0.15, 0.2) is 9.84 Å². The summed E-state index contributed by atoms with van der Waals surface area (Å²) in [4.78, 5) is 28.9. The van der Waals surface area contributed by atoms with Crippen LogP contribution in [0.5, 0.6) is 0 Å². The Hall–Kier alpha value is -1.35. The van der Waals surface area contributed by atoms with Gasteiger partial charge in [0.25, 0.3) is 0 Å². The molecular formula is C19H35N3O5S. The quantitative estimate of drug-likeness (QED) is 0.720. The van der Waals surface area contributed by atoms with Crippen LogP contribution in [0.2, 0.25) is 0 Å². The van der Waals surface area contributed by atoms with Crippen LogP contribution in [0.15, 0.2) is 0 Å². The van der Waals surface area contributed by atoms with Crippen molar-refractivity contribution in [3.63, 3.8) is 0 Å². The molecule has 2 heterocycles. The van der Waals surface area contributed by atoms with E-state index in [1.54, 1.807) is 20.8 Å². The average molecular weight is 418 g/mol. The number of carbonyl (C=O) groups excluding carboxylic acids is 2. The van der Waals surface area contributed by atoms with E-state index < -0.39 is 21.5 Å². The molecule has 2 fully saturated rings. The molecule has 2 aliphatic heterocycles. The van der Waals surface area contributed by atoms with Crippen LogP contribution < -0.4 is 5.32 Å². The molecule has 8 nitrogen and oxygen atoms in total. The maximum Gasteiger partial charge on any atom is 0.407 e. The second-order valence-corrected chi connectivity index (χ2v) is 11.4. The van der Waals surface area contributed by atoms with Crippen LogP contribution in [0.1, 0.15) is 41.0 Å². The molecule has 0 aliphatic carbocycles. The van der Waals surface area contributed by atoms with E-state index in [0.29, 0.717) is 32.6 Å². The van der Waals surface area contributed by atoms with Crippen molar-refractivity contribution in [2.24, 2.45) is 11.8 Å². The fraction of sp³-hybridized carbons (Fsp3) is 0.895. The first-order valence-corrected chi connectivity index (χ1v) is 11.9. The zero-order chi connectivity index (χ0) is 21.1. The molecule has 9 heteroatoms. The van der Waals surface area contributed by atoms with Crippen molar-refractivity contribution < 1.29 is 22.7 Å². The Labute approximate surface area is 168 Å². The largest absolute Gasteiger partial charge is 0.444 e. The lowest BCUT2D eigenvalue weighted by Crippen LogP contribution is -2.54. The van der Waals surface area contributed by atoms with Crippen molar-refractivity contribution in [2.45, 2.75) is 52.7 Å². The second kappa shape index (κ2) is 8.98. The fourth-order valence-electron chi connectivity index (χ4n) is 3.72. The Morgan fingerprint density at radius 1 is 1.14 bits per heavy atom. The predicted octanol–water partition coefficient (Wildman–Crippen LogP) is 1.11. The van der Waals surface area contributed by atoms with Crippen LogP contribution >= 0.6 is 0 Å². The molecule has 0 aromatic rings. The number of nitrogens with zero attached hydrogens (tertiary/aromatic N) is 2.